The molecule has 3 heterocycles. The number of rotatable bonds is 6. The summed E-state index contributed by atoms with van der Waals surface area (Å²) >= 11 is 0. The van der Waals surface area contributed by atoms with E-state index in [9.17, 15) is 0 Å². The summed E-state index contributed by atoms with van der Waals surface area (Å²) in [5.41, 5.74) is 0. The first-order valence-corrected chi connectivity index (χ1v) is 10.2. The summed E-state index contributed by atoms with van der Waals surface area (Å²) in [6.45, 7) is 13.2. The molecule has 152 valence electrons. The lowest BCUT2D eigenvalue weighted by Crippen LogP contribution is -2.52. The molecule has 6 nitrogen and oxygen atoms in total. The molecule has 0 spiro atoms. The number of nitrogens with one attached hydrogen (secondary N) is 2. The first kappa shape index (κ1) is 22.2. The number of nitrogens with zero attached hydrogens (tertiary/aromatic N) is 3. The van der Waals surface area contributed by atoms with Crippen LogP contribution in [0.5, 0.6) is 0 Å². The molecule has 3 aliphatic heterocycles. The molecule has 7 heteroatoms. The van der Waals surface area contributed by atoms with Crippen molar-refractivity contribution >= 4 is 29.9 Å². The zero-order valence-corrected chi connectivity index (χ0v) is 19.2. The van der Waals surface area contributed by atoms with Gasteiger partial charge in [0.25, 0.3) is 0 Å². The van der Waals surface area contributed by atoms with E-state index in [0.717, 1.165) is 51.6 Å². The van der Waals surface area contributed by atoms with Gasteiger partial charge in [0.2, 0.25) is 0 Å². The Balaban J connectivity index is 0.00000243. The molecule has 0 aromatic heterocycles. The summed E-state index contributed by atoms with van der Waals surface area (Å²) in [7, 11) is 2.21. The number of hydrogen-bond acceptors (Lipinski definition) is 4. The van der Waals surface area contributed by atoms with Crippen molar-refractivity contribution in [2.75, 3.05) is 46.3 Å². The molecule has 26 heavy (non-hydrogen) atoms. The Labute approximate surface area is 176 Å². The molecular formula is C19H38IN5O. The van der Waals surface area contributed by atoms with E-state index in [0.29, 0.717) is 30.2 Å². The van der Waals surface area contributed by atoms with Crippen LogP contribution in [0, 0.1) is 5.92 Å². The van der Waals surface area contributed by atoms with Crippen LogP contribution in [0.3, 0.4) is 0 Å². The Morgan fingerprint density at radius 1 is 1.19 bits per heavy atom. The average molecular weight is 479 g/mol. The first-order valence-electron chi connectivity index (χ1n) is 10.2. The van der Waals surface area contributed by atoms with Crippen molar-refractivity contribution < 1.29 is 4.74 Å². The summed E-state index contributed by atoms with van der Waals surface area (Å²) < 4.78 is 5.97. The van der Waals surface area contributed by atoms with Gasteiger partial charge in [-0.05, 0) is 39.2 Å². The second kappa shape index (κ2) is 10.4. The first-order chi connectivity index (χ1) is 12.1. The molecule has 0 saturated carbocycles. The lowest BCUT2D eigenvalue weighted by Gasteiger charge is -2.39. The summed E-state index contributed by atoms with van der Waals surface area (Å²) in [5, 5.41) is 7.07. The number of fused-ring (bicyclic) bond motifs is 2. The van der Waals surface area contributed by atoms with Crippen LogP contribution < -0.4 is 10.6 Å². The van der Waals surface area contributed by atoms with E-state index in [1.807, 2.05) is 0 Å². The predicted molar refractivity (Wildman–Crippen MR) is 119 cm³/mol. The van der Waals surface area contributed by atoms with Gasteiger partial charge in [-0.2, -0.15) is 0 Å². The fourth-order valence-electron chi connectivity index (χ4n) is 4.37. The van der Waals surface area contributed by atoms with Crippen LogP contribution in [0.25, 0.3) is 0 Å². The smallest absolute Gasteiger partial charge is 0.191 e. The number of guanidine groups is 1. The molecule has 0 radical (unpaired) electrons. The maximum absolute atomic E-state index is 5.97. The van der Waals surface area contributed by atoms with E-state index < -0.39 is 0 Å². The Hall–Kier alpha value is -0.120. The molecule has 3 fully saturated rings. The van der Waals surface area contributed by atoms with E-state index >= 15 is 0 Å². The molecule has 3 saturated heterocycles. The molecule has 3 aliphatic rings. The lowest BCUT2D eigenvalue weighted by molar-refractivity contribution is 0.0924. The number of likely N-dealkylation sites (N-methyl/N-ethyl adjacent to an activating group) is 1. The fourth-order valence-corrected chi connectivity index (χ4v) is 4.37. The average Bonchev–Trinajstić information content (AvgIpc) is 3.19. The monoisotopic (exact) mass is 479 g/mol. The van der Waals surface area contributed by atoms with Crippen molar-refractivity contribution in [3.8, 4) is 0 Å². The van der Waals surface area contributed by atoms with Gasteiger partial charge in [-0.3, -0.25) is 9.89 Å². The standard InChI is InChI=1S/C19H37N5O.HI/c1-5-20-19(22-16-12-15-6-7-18(16)25-15)21-13-17(14(2)3)24-10-8-23(4)9-11-24;/h14-18H,5-13H2,1-4H3,(H2,20,21,22);1H. The molecule has 0 amide bonds. The van der Waals surface area contributed by atoms with Crippen LogP contribution in [0.15, 0.2) is 4.99 Å². The SMILES string of the molecule is CCNC(=NCC(C(C)C)N1CCN(C)CC1)NC1CC2CCC1O2.I. The number of ether oxygens (including phenoxy) is 1. The van der Waals surface area contributed by atoms with Gasteiger partial charge in [0.1, 0.15) is 0 Å². The minimum Gasteiger partial charge on any atom is -0.373 e. The zero-order chi connectivity index (χ0) is 17.8. The van der Waals surface area contributed by atoms with Crippen molar-refractivity contribution in [2.45, 2.75) is 64.3 Å². The number of aliphatic imine (C=N–C) groups is 1. The van der Waals surface area contributed by atoms with E-state index in [2.05, 4.69) is 48.3 Å². The molecule has 4 atom stereocenters. The topological polar surface area (TPSA) is 52.1 Å². The highest BCUT2D eigenvalue weighted by atomic mass is 127. The second-order valence-corrected chi connectivity index (χ2v) is 8.23. The Kier molecular flexibility index (Phi) is 8.90. The summed E-state index contributed by atoms with van der Waals surface area (Å²) in [5.74, 6) is 1.57. The van der Waals surface area contributed by atoms with Gasteiger partial charge in [-0.15, -0.1) is 24.0 Å². The Morgan fingerprint density at radius 3 is 2.46 bits per heavy atom. The van der Waals surface area contributed by atoms with Gasteiger partial charge < -0.3 is 20.3 Å². The molecular weight excluding hydrogens is 441 g/mol. The fraction of sp³-hybridized carbons (Fsp3) is 0.947. The summed E-state index contributed by atoms with van der Waals surface area (Å²) in [6.07, 6.45) is 4.40. The second-order valence-electron chi connectivity index (χ2n) is 8.23. The van der Waals surface area contributed by atoms with Crippen LogP contribution in [-0.4, -0.2) is 86.4 Å². The highest BCUT2D eigenvalue weighted by molar-refractivity contribution is 14.0. The summed E-state index contributed by atoms with van der Waals surface area (Å²) in [6, 6.07) is 0.943. The number of halogens is 1. The van der Waals surface area contributed by atoms with E-state index in [1.165, 1.54) is 12.8 Å². The van der Waals surface area contributed by atoms with Crippen LogP contribution in [0.4, 0.5) is 0 Å². The van der Waals surface area contributed by atoms with Crippen molar-refractivity contribution in [3.05, 3.63) is 0 Å². The minimum absolute atomic E-state index is 0. The maximum Gasteiger partial charge on any atom is 0.191 e. The van der Waals surface area contributed by atoms with Gasteiger partial charge in [0, 0.05) is 38.8 Å². The van der Waals surface area contributed by atoms with Gasteiger partial charge in [0.15, 0.2) is 5.96 Å². The normalized spacial score (nSPS) is 31.1. The number of piperazine rings is 1. The highest BCUT2D eigenvalue weighted by Gasteiger charge is 2.41. The molecule has 0 aromatic carbocycles. The molecule has 0 aromatic rings. The third kappa shape index (κ3) is 5.69. The Morgan fingerprint density at radius 2 is 1.92 bits per heavy atom. The van der Waals surface area contributed by atoms with Crippen LogP contribution >= 0.6 is 24.0 Å². The van der Waals surface area contributed by atoms with Crippen LogP contribution in [0.1, 0.15) is 40.0 Å². The third-order valence-corrected chi connectivity index (χ3v) is 5.99. The third-order valence-electron chi connectivity index (χ3n) is 5.99. The molecule has 0 aliphatic carbocycles. The molecule has 2 N–H and O–H groups in total. The maximum atomic E-state index is 5.97. The highest BCUT2D eigenvalue weighted by Crippen LogP contribution is 2.34. The number of hydrogen-bond donors (Lipinski definition) is 2. The van der Waals surface area contributed by atoms with E-state index in [-0.39, 0.29) is 24.0 Å². The predicted octanol–water partition coefficient (Wildman–Crippen LogP) is 1.75. The molecule has 3 rings (SSSR count). The van der Waals surface area contributed by atoms with Gasteiger partial charge in [0.05, 0.1) is 24.8 Å². The molecule has 4 unspecified atom stereocenters. The van der Waals surface area contributed by atoms with Gasteiger partial charge >= 0.3 is 0 Å². The van der Waals surface area contributed by atoms with Crippen molar-refractivity contribution in [1.82, 2.24) is 20.4 Å². The van der Waals surface area contributed by atoms with E-state index in [4.69, 9.17) is 9.73 Å². The van der Waals surface area contributed by atoms with Crippen molar-refractivity contribution in [2.24, 2.45) is 10.9 Å². The quantitative estimate of drug-likeness (QED) is 0.346. The zero-order valence-electron chi connectivity index (χ0n) is 16.9. The van der Waals surface area contributed by atoms with Crippen molar-refractivity contribution in [3.63, 3.8) is 0 Å². The van der Waals surface area contributed by atoms with Gasteiger partial charge in [-0.25, -0.2) is 0 Å². The lowest BCUT2D eigenvalue weighted by atomic mass is 9.96. The van der Waals surface area contributed by atoms with E-state index in [1.54, 1.807) is 0 Å². The molecule has 2 bridgehead atoms. The van der Waals surface area contributed by atoms with Crippen molar-refractivity contribution in [1.29, 1.82) is 0 Å². The van der Waals surface area contributed by atoms with Gasteiger partial charge in [-0.1, -0.05) is 13.8 Å². The van der Waals surface area contributed by atoms with Crippen LogP contribution in [0.2, 0.25) is 0 Å². The largest absolute Gasteiger partial charge is 0.373 e. The summed E-state index contributed by atoms with van der Waals surface area (Å²) in [4.78, 5) is 10.00. The Bertz CT molecular complexity index is 453. The van der Waals surface area contributed by atoms with Crippen LogP contribution in [-0.2, 0) is 4.74 Å². The minimum atomic E-state index is 0.